The van der Waals surface area contributed by atoms with Gasteiger partial charge >= 0.3 is 0 Å². The summed E-state index contributed by atoms with van der Waals surface area (Å²) >= 11 is 0. The van der Waals surface area contributed by atoms with Crippen LogP contribution in [0.3, 0.4) is 0 Å². The predicted octanol–water partition coefficient (Wildman–Crippen LogP) is 6.17. The normalized spacial score (nSPS) is 14.0. The first kappa shape index (κ1) is 28.1. The van der Waals surface area contributed by atoms with E-state index in [2.05, 4.69) is 65.7 Å². The Bertz CT molecular complexity index is 1600. The van der Waals surface area contributed by atoms with Crippen molar-refractivity contribution < 1.29 is 23.1 Å². The highest BCUT2D eigenvalue weighted by Crippen LogP contribution is 2.40. The van der Waals surface area contributed by atoms with Crippen LogP contribution in [0.4, 0.5) is 8.78 Å². The Morgan fingerprint density at radius 1 is 0.976 bits per heavy atom. The topological polar surface area (TPSA) is 99.1 Å². The van der Waals surface area contributed by atoms with E-state index in [0.717, 1.165) is 23.3 Å². The first-order valence-electron chi connectivity index (χ1n) is 13.2. The van der Waals surface area contributed by atoms with E-state index in [1.807, 2.05) is 24.3 Å². The van der Waals surface area contributed by atoms with E-state index >= 15 is 0 Å². The fraction of sp³-hybridized carbons (Fsp3) is 0.290. The molecule has 41 heavy (non-hydrogen) atoms. The van der Waals surface area contributed by atoms with Gasteiger partial charge in [0, 0.05) is 23.3 Å². The molecule has 10 heteroatoms. The molecule has 0 amide bonds. The number of halogens is 2. The second-order valence-corrected chi connectivity index (χ2v) is 11.2. The van der Waals surface area contributed by atoms with E-state index in [9.17, 15) is 13.9 Å². The second kappa shape index (κ2) is 11.2. The molecule has 0 aliphatic carbocycles. The molecular formula is C31H31F2N5O3. The summed E-state index contributed by atoms with van der Waals surface area (Å²) in [5.41, 5.74) is 1.74. The lowest BCUT2D eigenvalue weighted by Gasteiger charge is -2.33. The SMILES string of the molecule is C[C@@H](c1cc(-c2ccc(OCc3ccc(C(C)(C)C)cc3)cc2)no1)[C@](O)(Cn1cnnn1)c1ccc(F)cc1F. The molecular weight excluding hydrogens is 528 g/mol. The summed E-state index contributed by atoms with van der Waals surface area (Å²) in [5, 5.41) is 26.9. The summed E-state index contributed by atoms with van der Waals surface area (Å²) in [5.74, 6) is -1.45. The minimum absolute atomic E-state index is 0.0958. The molecule has 0 aliphatic rings. The Morgan fingerprint density at radius 3 is 2.34 bits per heavy atom. The molecule has 0 unspecified atom stereocenters. The van der Waals surface area contributed by atoms with Crippen LogP contribution in [-0.4, -0.2) is 30.5 Å². The minimum Gasteiger partial charge on any atom is -0.489 e. The fourth-order valence-electron chi connectivity index (χ4n) is 4.65. The predicted molar refractivity (Wildman–Crippen MR) is 148 cm³/mol. The molecule has 0 saturated carbocycles. The first-order chi connectivity index (χ1) is 19.5. The van der Waals surface area contributed by atoms with E-state index < -0.39 is 23.2 Å². The Balaban J connectivity index is 1.32. The number of ether oxygens (including phenoxy) is 1. The molecule has 2 aromatic heterocycles. The van der Waals surface area contributed by atoms with E-state index in [-0.39, 0.29) is 17.5 Å². The number of tetrazole rings is 1. The molecule has 5 rings (SSSR count). The van der Waals surface area contributed by atoms with Crippen LogP contribution in [-0.2, 0) is 24.2 Å². The molecule has 1 N–H and O–H groups in total. The van der Waals surface area contributed by atoms with Crippen LogP contribution in [0, 0.1) is 11.6 Å². The summed E-state index contributed by atoms with van der Waals surface area (Å²) in [6, 6.07) is 20.5. The van der Waals surface area contributed by atoms with Gasteiger partial charge in [-0.05, 0) is 57.3 Å². The quantitative estimate of drug-likeness (QED) is 0.230. The van der Waals surface area contributed by atoms with Crippen LogP contribution < -0.4 is 4.74 Å². The summed E-state index contributed by atoms with van der Waals surface area (Å²) in [6.07, 6.45) is 1.30. The van der Waals surface area contributed by atoms with Gasteiger partial charge in [-0.25, -0.2) is 13.5 Å². The number of benzene rings is 3. The molecule has 0 bridgehead atoms. The monoisotopic (exact) mass is 559 g/mol. The third-order valence-electron chi connectivity index (χ3n) is 7.24. The standard InChI is InChI=1S/C31H31F2N5O3/c1-20(31(39,18-38-19-34-36-37-38)26-14-11-24(32)15-27(26)33)29-16-28(35-41-29)22-7-12-25(13-8-22)40-17-21-5-9-23(10-6-21)30(2,3)4/h5-16,19-20,39H,17-18H2,1-4H3/t20-,31+/m0/s1. The van der Waals surface area contributed by atoms with Gasteiger partial charge in [-0.2, -0.15) is 0 Å². The highest BCUT2D eigenvalue weighted by Gasteiger charge is 2.42. The number of hydrogen-bond donors (Lipinski definition) is 1. The van der Waals surface area contributed by atoms with Gasteiger partial charge in [0.1, 0.15) is 47.4 Å². The zero-order valence-corrected chi connectivity index (χ0v) is 23.3. The Labute approximate surface area is 236 Å². The van der Waals surface area contributed by atoms with Crippen molar-refractivity contribution in [2.75, 3.05) is 0 Å². The van der Waals surface area contributed by atoms with E-state index in [1.54, 1.807) is 13.0 Å². The van der Waals surface area contributed by atoms with E-state index in [1.165, 1.54) is 22.6 Å². The molecule has 0 fully saturated rings. The largest absolute Gasteiger partial charge is 0.489 e. The molecule has 212 valence electrons. The van der Waals surface area contributed by atoms with Crippen LogP contribution in [0.2, 0.25) is 0 Å². The fourth-order valence-corrected chi connectivity index (χ4v) is 4.65. The third kappa shape index (κ3) is 6.17. The summed E-state index contributed by atoms with van der Waals surface area (Å²) in [7, 11) is 0. The summed E-state index contributed by atoms with van der Waals surface area (Å²) in [4.78, 5) is 0. The number of nitrogens with zero attached hydrogens (tertiary/aromatic N) is 5. The van der Waals surface area contributed by atoms with Gasteiger partial charge < -0.3 is 14.4 Å². The minimum atomic E-state index is -1.88. The zero-order valence-electron chi connectivity index (χ0n) is 23.3. The number of hydrogen-bond acceptors (Lipinski definition) is 7. The maximum absolute atomic E-state index is 14.9. The van der Waals surface area contributed by atoms with E-state index in [4.69, 9.17) is 9.26 Å². The Kier molecular flexibility index (Phi) is 7.68. The molecule has 2 heterocycles. The van der Waals surface area contributed by atoms with Crippen LogP contribution in [0.15, 0.2) is 83.6 Å². The smallest absolute Gasteiger partial charge is 0.143 e. The van der Waals surface area contributed by atoms with Crippen molar-refractivity contribution in [3.63, 3.8) is 0 Å². The first-order valence-corrected chi connectivity index (χ1v) is 13.2. The van der Waals surface area contributed by atoms with Crippen LogP contribution in [0.25, 0.3) is 11.3 Å². The molecule has 0 spiro atoms. The number of rotatable bonds is 9. The van der Waals surface area contributed by atoms with Crippen molar-refractivity contribution in [1.82, 2.24) is 25.4 Å². The average molecular weight is 560 g/mol. The van der Waals surface area contributed by atoms with Crippen molar-refractivity contribution in [3.8, 4) is 17.0 Å². The van der Waals surface area contributed by atoms with Gasteiger partial charge in [-0.1, -0.05) is 63.2 Å². The van der Waals surface area contributed by atoms with Gasteiger partial charge in [0.25, 0.3) is 0 Å². The lowest BCUT2D eigenvalue weighted by molar-refractivity contribution is -0.0185. The molecule has 5 aromatic rings. The molecule has 0 aliphatic heterocycles. The van der Waals surface area contributed by atoms with Gasteiger partial charge in [0.2, 0.25) is 0 Å². The van der Waals surface area contributed by atoms with Crippen molar-refractivity contribution >= 4 is 0 Å². The third-order valence-corrected chi connectivity index (χ3v) is 7.24. The van der Waals surface area contributed by atoms with Crippen LogP contribution in [0.5, 0.6) is 5.75 Å². The van der Waals surface area contributed by atoms with Gasteiger partial charge in [-0.15, -0.1) is 5.10 Å². The maximum Gasteiger partial charge on any atom is 0.143 e. The van der Waals surface area contributed by atoms with Crippen LogP contribution in [0.1, 0.15) is 56.1 Å². The summed E-state index contributed by atoms with van der Waals surface area (Å²) in [6.45, 7) is 8.45. The summed E-state index contributed by atoms with van der Waals surface area (Å²) < 4.78 is 41.4. The lowest BCUT2D eigenvalue weighted by atomic mass is 9.80. The highest BCUT2D eigenvalue weighted by molar-refractivity contribution is 5.60. The Hall–Kier alpha value is -4.44. The van der Waals surface area contributed by atoms with Gasteiger partial charge in [0.05, 0.1) is 12.5 Å². The lowest BCUT2D eigenvalue weighted by Crippen LogP contribution is -2.38. The van der Waals surface area contributed by atoms with E-state index in [0.29, 0.717) is 23.8 Å². The molecule has 2 atom stereocenters. The van der Waals surface area contributed by atoms with Crippen molar-refractivity contribution in [1.29, 1.82) is 0 Å². The Morgan fingerprint density at radius 2 is 1.71 bits per heavy atom. The average Bonchev–Trinajstić information content (AvgIpc) is 3.64. The molecule has 0 radical (unpaired) electrons. The second-order valence-electron chi connectivity index (χ2n) is 11.2. The van der Waals surface area contributed by atoms with Gasteiger partial charge in [0.15, 0.2) is 0 Å². The van der Waals surface area contributed by atoms with Crippen molar-refractivity contribution in [3.05, 3.63) is 113 Å². The number of aliphatic hydroxyl groups is 1. The van der Waals surface area contributed by atoms with Crippen molar-refractivity contribution in [2.45, 2.75) is 57.8 Å². The maximum atomic E-state index is 14.9. The zero-order chi connectivity index (χ0) is 29.2. The molecule has 3 aromatic carbocycles. The van der Waals surface area contributed by atoms with Gasteiger partial charge in [-0.3, -0.25) is 0 Å². The highest BCUT2D eigenvalue weighted by atomic mass is 19.1. The van der Waals surface area contributed by atoms with Crippen LogP contribution >= 0.6 is 0 Å². The molecule has 8 nitrogen and oxygen atoms in total. The molecule has 0 saturated heterocycles. The van der Waals surface area contributed by atoms with Crippen molar-refractivity contribution in [2.24, 2.45) is 0 Å². The number of aromatic nitrogens is 5.